The van der Waals surface area contributed by atoms with E-state index in [1.54, 1.807) is 12.1 Å². The second-order valence-corrected chi connectivity index (χ2v) is 6.10. The molecule has 0 bridgehead atoms. The van der Waals surface area contributed by atoms with Gasteiger partial charge in [-0.3, -0.25) is 5.32 Å². The van der Waals surface area contributed by atoms with Crippen molar-refractivity contribution in [2.75, 3.05) is 11.9 Å². The fourth-order valence-corrected chi connectivity index (χ4v) is 2.62. The van der Waals surface area contributed by atoms with E-state index in [0.717, 1.165) is 10.6 Å². The maximum atomic E-state index is 12.9. The summed E-state index contributed by atoms with van der Waals surface area (Å²) >= 11 is 1.27. The van der Waals surface area contributed by atoms with Crippen LogP contribution in [0.5, 0.6) is 0 Å². The van der Waals surface area contributed by atoms with Crippen LogP contribution in [0.4, 0.5) is 14.3 Å². The predicted octanol–water partition coefficient (Wildman–Crippen LogP) is 2.55. The number of aromatic nitrogens is 2. The zero-order valence-electron chi connectivity index (χ0n) is 12.8. The molecule has 1 aromatic heterocycles. The molecule has 0 spiro atoms. The summed E-state index contributed by atoms with van der Waals surface area (Å²) in [6, 6.07) is 5.80. The SMILES string of the molecule is CCC(O)CCNC(=O)Nc1nnc(Cc2ccc(F)cc2)s1. The lowest BCUT2D eigenvalue weighted by Gasteiger charge is -2.08. The second-order valence-electron chi connectivity index (χ2n) is 5.04. The summed E-state index contributed by atoms with van der Waals surface area (Å²) in [7, 11) is 0. The number of amides is 2. The molecular formula is C15H19FN4O2S. The maximum Gasteiger partial charge on any atom is 0.321 e. The number of benzene rings is 1. The largest absolute Gasteiger partial charge is 0.393 e. The third-order valence-corrected chi connectivity index (χ3v) is 4.03. The quantitative estimate of drug-likeness (QED) is 0.724. The van der Waals surface area contributed by atoms with Crippen LogP contribution < -0.4 is 10.6 Å². The molecule has 1 heterocycles. The van der Waals surface area contributed by atoms with Crippen LogP contribution in [-0.2, 0) is 6.42 Å². The van der Waals surface area contributed by atoms with Crippen molar-refractivity contribution in [1.29, 1.82) is 0 Å². The van der Waals surface area contributed by atoms with E-state index < -0.39 is 6.10 Å². The highest BCUT2D eigenvalue weighted by Gasteiger charge is 2.09. The highest BCUT2D eigenvalue weighted by atomic mass is 32.1. The fourth-order valence-electron chi connectivity index (χ4n) is 1.85. The van der Waals surface area contributed by atoms with Gasteiger partial charge in [0.2, 0.25) is 5.13 Å². The molecular weight excluding hydrogens is 319 g/mol. The van der Waals surface area contributed by atoms with E-state index in [1.165, 1.54) is 23.5 Å². The molecule has 0 saturated heterocycles. The van der Waals surface area contributed by atoms with Crippen LogP contribution in [0.15, 0.2) is 24.3 Å². The molecule has 0 radical (unpaired) electrons. The lowest BCUT2D eigenvalue weighted by atomic mass is 10.2. The summed E-state index contributed by atoms with van der Waals surface area (Å²) in [5, 5.41) is 23.7. The molecule has 0 aliphatic carbocycles. The Hall–Kier alpha value is -2.06. The molecule has 6 nitrogen and oxygen atoms in total. The summed E-state index contributed by atoms with van der Waals surface area (Å²) in [4.78, 5) is 11.7. The van der Waals surface area contributed by atoms with E-state index in [1.807, 2.05) is 6.92 Å². The second kappa shape index (κ2) is 8.54. The van der Waals surface area contributed by atoms with Gasteiger partial charge in [-0.05, 0) is 30.5 Å². The van der Waals surface area contributed by atoms with Crippen molar-refractivity contribution < 1.29 is 14.3 Å². The number of carbonyl (C=O) groups excluding carboxylic acids is 1. The van der Waals surface area contributed by atoms with Gasteiger partial charge in [-0.15, -0.1) is 10.2 Å². The third-order valence-electron chi connectivity index (χ3n) is 3.19. The summed E-state index contributed by atoms with van der Waals surface area (Å²) in [6.45, 7) is 2.27. The Labute approximate surface area is 137 Å². The van der Waals surface area contributed by atoms with E-state index in [4.69, 9.17) is 0 Å². The van der Waals surface area contributed by atoms with Crippen molar-refractivity contribution in [1.82, 2.24) is 15.5 Å². The average Bonchev–Trinajstić information content (AvgIpc) is 2.96. The van der Waals surface area contributed by atoms with Crippen molar-refractivity contribution in [3.63, 3.8) is 0 Å². The molecule has 23 heavy (non-hydrogen) atoms. The summed E-state index contributed by atoms with van der Waals surface area (Å²) in [6.07, 6.45) is 1.30. The summed E-state index contributed by atoms with van der Waals surface area (Å²) in [5.74, 6) is -0.279. The molecule has 0 fully saturated rings. The lowest BCUT2D eigenvalue weighted by Crippen LogP contribution is -2.31. The number of nitrogens with one attached hydrogen (secondary N) is 2. The van der Waals surface area contributed by atoms with Gasteiger partial charge in [0.1, 0.15) is 10.8 Å². The molecule has 2 aromatic rings. The van der Waals surface area contributed by atoms with Crippen LogP contribution in [0.1, 0.15) is 30.3 Å². The van der Waals surface area contributed by atoms with Gasteiger partial charge in [0.15, 0.2) is 0 Å². The van der Waals surface area contributed by atoms with Crippen LogP contribution in [0.3, 0.4) is 0 Å². The minimum atomic E-state index is -0.404. The number of anilines is 1. The zero-order chi connectivity index (χ0) is 16.7. The minimum absolute atomic E-state index is 0.279. The normalized spacial score (nSPS) is 12.0. The van der Waals surface area contributed by atoms with Gasteiger partial charge in [0.05, 0.1) is 6.10 Å². The van der Waals surface area contributed by atoms with E-state index >= 15 is 0 Å². The Morgan fingerprint density at radius 1 is 1.35 bits per heavy atom. The first-order valence-electron chi connectivity index (χ1n) is 7.36. The Morgan fingerprint density at radius 2 is 2.09 bits per heavy atom. The Bertz CT molecular complexity index is 633. The number of aliphatic hydroxyl groups is 1. The molecule has 1 atom stereocenters. The lowest BCUT2D eigenvalue weighted by molar-refractivity contribution is 0.160. The van der Waals surface area contributed by atoms with E-state index in [0.29, 0.717) is 30.9 Å². The number of rotatable bonds is 7. The van der Waals surface area contributed by atoms with Gasteiger partial charge < -0.3 is 10.4 Å². The summed E-state index contributed by atoms with van der Waals surface area (Å²) < 4.78 is 12.9. The Balaban J connectivity index is 1.80. The molecule has 0 aliphatic heterocycles. The van der Waals surface area contributed by atoms with Gasteiger partial charge in [-0.1, -0.05) is 30.4 Å². The molecule has 2 rings (SSSR count). The third kappa shape index (κ3) is 5.91. The van der Waals surface area contributed by atoms with Crippen molar-refractivity contribution in [2.45, 2.75) is 32.3 Å². The number of halogens is 1. The van der Waals surface area contributed by atoms with E-state index in [9.17, 15) is 14.3 Å². The van der Waals surface area contributed by atoms with Gasteiger partial charge >= 0.3 is 6.03 Å². The molecule has 1 unspecified atom stereocenters. The van der Waals surface area contributed by atoms with Crippen LogP contribution in [0, 0.1) is 5.82 Å². The topological polar surface area (TPSA) is 87.1 Å². The van der Waals surface area contributed by atoms with Gasteiger partial charge in [-0.2, -0.15) is 0 Å². The van der Waals surface area contributed by atoms with E-state index in [-0.39, 0.29) is 11.8 Å². The Kier molecular flexibility index (Phi) is 6.42. The zero-order valence-corrected chi connectivity index (χ0v) is 13.6. The summed E-state index contributed by atoms with van der Waals surface area (Å²) in [5.41, 5.74) is 0.923. The molecule has 8 heteroatoms. The molecule has 0 aliphatic rings. The number of hydrogen-bond donors (Lipinski definition) is 3. The van der Waals surface area contributed by atoms with Crippen molar-refractivity contribution in [3.05, 3.63) is 40.7 Å². The number of aliphatic hydroxyl groups excluding tert-OH is 1. The van der Waals surface area contributed by atoms with Crippen LogP contribution in [-0.4, -0.2) is 34.0 Å². The molecule has 124 valence electrons. The first-order valence-corrected chi connectivity index (χ1v) is 8.18. The molecule has 1 aromatic carbocycles. The predicted molar refractivity (Wildman–Crippen MR) is 87.1 cm³/mol. The first-order chi connectivity index (χ1) is 11.1. The van der Waals surface area contributed by atoms with Gasteiger partial charge in [0.25, 0.3) is 0 Å². The average molecular weight is 338 g/mol. The first kappa shape index (κ1) is 17.3. The van der Waals surface area contributed by atoms with Crippen molar-refractivity contribution in [3.8, 4) is 0 Å². The van der Waals surface area contributed by atoms with Gasteiger partial charge in [-0.25, -0.2) is 9.18 Å². The molecule has 2 amide bonds. The van der Waals surface area contributed by atoms with Crippen LogP contribution in [0.2, 0.25) is 0 Å². The smallest absolute Gasteiger partial charge is 0.321 e. The molecule has 3 N–H and O–H groups in total. The number of urea groups is 1. The molecule has 0 saturated carbocycles. The maximum absolute atomic E-state index is 12.9. The van der Waals surface area contributed by atoms with Crippen molar-refractivity contribution in [2.24, 2.45) is 0 Å². The Morgan fingerprint density at radius 3 is 2.78 bits per heavy atom. The minimum Gasteiger partial charge on any atom is -0.393 e. The monoisotopic (exact) mass is 338 g/mol. The van der Waals surface area contributed by atoms with Crippen LogP contribution >= 0.6 is 11.3 Å². The highest BCUT2D eigenvalue weighted by Crippen LogP contribution is 2.18. The van der Waals surface area contributed by atoms with Gasteiger partial charge in [0, 0.05) is 13.0 Å². The standard InChI is InChI=1S/C15H19FN4O2S/c1-2-12(21)7-8-17-14(22)18-15-20-19-13(23-15)9-10-3-5-11(16)6-4-10/h3-6,12,21H,2,7-9H2,1H3,(H2,17,18,20,22). The van der Waals surface area contributed by atoms with E-state index in [2.05, 4.69) is 20.8 Å². The fraction of sp³-hybridized carbons (Fsp3) is 0.400. The van der Waals surface area contributed by atoms with Crippen molar-refractivity contribution >= 4 is 22.5 Å². The number of nitrogens with zero attached hydrogens (tertiary/aromatic N) is 2. The van der Waals surface area contributed by atoms with Crippen LogP contribution in [0.25, 0.3) is 0 Å². The number of hydrogen-bond acceptors (Lipinski definition) is 5. The highest BCUT2D eigenvalue weighted by molar-refractivity contribution is 7.15. The number of carbonyl (C=O) groups is 1.